The number of likely N-dealkylation sites (tertiary alicyclic amines) is 1. The van der Waals surface area contributed by atoms with Crippen LogP contribution in [-0.2, 0) is 6.18 Å². The molecule has 1 aromatic heterocycles. The van der Waals surface area contributed by atoms with Crippen LogP contribution in [0.3, 0.4) is 0 Å². The number of hydrogen-bond acceptors (Lipinski definition) is 2. The van der Waals surface area contributed by atoms with E-state index in [0.717, 1.165) is 37.9 Å². The zero-order valence-electron chi connectivity index (χ0n) is 15.6. The van der Waals surface area contributed by atoms with Gasteiger partial charge in [-0.1, -0.05) is 31.0 Å². The van der Waals surface area contributed by atoms with Crippen LogP contribution in [-0.4, -0.2) is 28.4 Å². The van der Waals surface area contributed by atoms with Gasteiger partial charge in [0.25, 0.3) is 5.91 Å². The Morgan fingerprint density at radius 2 is 1.68 bits per heavy atom. The maximum Gasteiger partial charge on any atom is 0.416 e. The number of piperidine rings is 1. The van der Waals surface area contributed by atoms with Crippen LogP contribution in [0.1, 0.15) is 54.6 Å². The maximum absolute atomic E-state index is 13.1. The predicted octanol–water partition coefficient (Wildman–Crippen LogP) is 5.56. The summed E-state index contributed by atoms with van der Waals surface area (Å²) in [5, 5.41) is 0. The standard InChI is InChI=1S/C22H23F3N2O/c23-22(24,25)17-12-10-15(11-13-17)18-7-3-8-19(26-18)21(28)27-14-4-6-16-5-1-2-9-20(16)27/h3,7-8,10-13,16,20H,1-2,4-6,9,14H2. The molecule has 28 heavy (non-hydrogen) atoms. The van der Waals surface area contributed by atoms with Crippen molar-refractivity contribution in [2.75, 3.05) is 6.54 Å². The summed E-state index contributed by atoms with van der Waals surface area (Å²) in [7, 11) is 0. The van der Waals surface area contributed by atoms with Crippen molar-refractivity contribution in [2.45, 2.75) is 50.7 Å². The van der Waals surface area contributed by atoms with E-state index in [1.165, 1.54) is 31.4 Å². The van der Waals surface area contributed by atoms with Gasteiger partial charge >= 0.3 is 6.18 Å². The normalized spacial score (nSPS) is 22.6. The Hall–Kier alpha value is -2.37. The highest BCUT2D eigenvalue weighted by Crippen LogP contribution is 2.36. The molecule has 2 aromatic rings. The van der Waals surface area contributed by atoms with Crippen LogP contribution >= 0.6 is 0 Å². The second-order valence-electron chi connectivity index (χ2n) is 7.74. The van der Waals surface area contributed by atoms with Gasteiger partial charge in [-0.05, 0) is 55.9 Å². The monoisotopic (exact) mass is 388 g/mol. The van der Waals surface area contributed by atoms with Gasteiger partial charge < -0.3 is 4.90 Å². The van der Waals surface area contributed by atoms with Crippen LogP contribution in [0.2, 0.25) is 0 Å². The quantitative estimate of drug-likeness (QED) is 0.675. The third-order valence-electron chi connectivity index (χ3n) is 5.98. The molecule has 6 heteroatoms. The molecule has 1 aliphatic heterocycles. The lowest BCUT2D eigenvalue weighted by Gasteiger charge is -2.44. The van der Waals surface area contributed by atoms with E-state index >= 15 is 0 Å². The van der Waals surface area contributed by atoms with Crippen molar-refractivity contribution in [1.82, 2.24) is 9.88 Å². The van der Waals surface area contributed by atoms with Crippen LogP contribution in [0.25, 0.3) is 11.3 Å². The summed E-state index contributed by atoms with van der Waals surface area (Å²) in [4.78, 5) is 19.6. The van der Waals surface area contributed by atoms with Gasteiger partial charge in [-0.3, -0.25) is 4.79 Å². The average molecular weight is 388 g/mol. The smallest absolute Gasteiger partial charge is 0.334 e. The summed E-state index contributed by atoms with van der Waals surface area (Å²) in [5.41, 5.74) is 0.748. The van der Waals surface area contributed by atoms with Crippen molar-refractivity contribution < 1.29 is 18.0 Å². The molecule has 148 valence electrons. The SMILES string of the molecule is O=C(c1cccc(-c2ccc(C(F)(F)F)cc2)n1)N1CCCC2CCCCC21. The zero-order valence-corrected chi connectivity index (χ0v) is 15.6. The first-order valence-corrected chi connectivity index (χ1v) is 9.89. The second kappa shape index (κ2) is 7.57. The van der Waals surface area contributed by atoms with E-state index in [1.54, 1.807) is 18.2 Å². The van der Waals surface area contributed by atoms with Gasteiger partial charge in [0, 0.05) is 18.2 Å². The molecule has 4 rings (SSSR count). The number of carbonyl (C=O) groups excluding carboxylic acids is 1. The fourth-order valence-electron chi connectivity index (χ4n) is 4.57. The van der Waals surface area contributed by atoms with Crippen molar-refractivity contribution in [3.8, 4) is 11.3 Å². The molecule has 0 radical (unpaired) electrons. The molecular weight excluding hydrogens is 365 g/mol. The van der Waals surface area contributed by atoms with Crippen molar-refractivity contribution in [3.05, 3.63) is 53.7 Å². The number of hydrogen-bond donors (Lipinski definition) is 0. The van der Waals surface area contributed by atoms with Crippen molar-refractivity contribution in [2.24, 2.45) is 5.92 Å². The summed E-state index contributed by atoms with van der Waals surface area (Å²) >= 11 is 0. The number of halogens is 3. The fraction of sp³-hybridized carbons (Fsp3) is 0.455. The first-order chi connectivity index (χ1) is 13.4. The Morgan fingerprint density at radius 1 is 0.964 bits per heavy atom. The summed E-state index contributed by atoms with van der Waals surface area (Å²) in [6.07, 6.45) is 2.48. The van der Waals surface area contributed by atoms with Gasteiger partial charge in [-0.25, -0.2) is 4.98 Å². The number of fused-ring (bicyclic) bond motifs is 1. The minimum absolute atomic E-state index is 0.0645. The Labute approximate surface area is 162 Å². The van der Waals surface area contributed by atoms with Crippen LogP contribution in [0.15, 0.2) is 42.5 Å². The first kappa shape index (κ1) is 19.0. The van der Waals surface area contributed by atoms with Gasteiger partial charge in [0.05, 0.1) is 11.3 Å². The van der Waals surface area contributed by atoms with Gasteiger partial charge in [0.1, 0.15) is 5.69 Å². The molecule has 2 heterocycles. The third kappa shape index (κ3) is 3.77. The molecule has 1 amide bonds. The highest BCUT2D eigenvalue weighted by atomic mass is 19.4. The van der Waals surface area contributed by atoms with Crippen molar-refractivity contribution in [3.63, 3.8) is 0 Å². The van der Waals surface area contributed by atoms with E-state index in [-0.39, 0.29) is 5.91 Å². The molecule has 0 N–H and O–H groups in total. The predicted molar refractivity (Wildman–Crippen MR) is 101 cm³/mol. The van der Waals surface area contributed by atoms with Gasteiger partial charge in [-0.2, -0.15) is 13.2 Å². The molecule has 1 aliphatic carbocycles. The number of rotatable bonds is 2. The minimum Gasteiger partial charge on any atom is -0.334 e. The molecule has 0 bridgehead atoms. The number of benzene rings is 1. The molecule has 0 spiro atoms. The number of pyridine rings is 1. The second-order valence-corrected chi connectivity index (χ2v) is 7.74. The van der Waals surface area contributed by atoms with Crippen LogP contribution < -0.4 is 0 Å². The fourth-order valence-corrected chi connectivity index (χ4v) is 4.57. The molecule has 1 saturated carbocycles. The van der Waals surface area contributed by atoms with E-state index in [4.69, 9.17) is 0 Å². The highest BCUT2D eigenvalue weighted by molar-refractivity contribution is 5.93. The number of carbonyl (C=O) groups is 1. The lowest BCUT2D eigenvalue weighted by atomic mass is 9.78. The maximum atomic E-state index is 13.1. The number of alkyl halides is 3. The molecule has 2 fully saturated rings. The average Bonchev–Trinajstić information content (AvgIpc) is 2.72. The largest absolute Gasteiger partial charge is 0.416 e. The van der Waals surface area contributed by atoms with E-state index in [1.807, 2.05) is 4.90 Å². The topological polar surface area (TPSA) is 33.2 Å². The Balaban J connectivity index is 1.57. The molecule has 2 aliphatic rings. The van der Waals surface area contributed by atoms with Crippen LogP contribution in [0, 0.1) is 5.92 Å². The minimum atomic E-state index is -4.37. The highest BCUT2D eigenvalue weighted by Gasteiger charge is 2.36. The summed E-state index contributed by atoms with van der Waals surface area (Å²) in [6.45, 7) is 0.756. The molecular formula is C22H23F3N2O. The molecule has 1 saturated heterocycles. The van der Waals surface area contributed by atoms with Crippen LogP contribution in [0.5, 0.6) is 0 Å². The van der Waals surface area contributed by atoms with Crippen LogP contribution in [0.4, 0.5) is 13.2 Å². The van der Waals surface area contributed by atoms with Gasteiger partial charge in [0.2, 0.25) is 0 Å². The lowest BCUT2D eigenvalue weighted by molar-refractivity contribution is -0.137. The van der Waals surface area contributed by atoms with E-state index in [2.05, 4.69) is 4.98 Å². The Morgan fingerprint density at radius 3 is 2.43 bits per heavy atom. The lowest BCUT2D eigenvalue weighted by Crippen LogP contribution is -2.49. The van der Waals surface area contributed by atoms with Crippen molar-refractivity contribution in [1.29, 1.82) is 0 Å². The zero-order chi connectivity index (χ0) is 19.7. The third-order valence-corrected chi connectivity index (χ3v) is 5.98. The van der Waals surface area contributed by atoms with Gasteiger partial charge in [0.15, 0.2) is 0 Å². The van der Waals surface area contributed by atoms with E-state index in [9.17, 15) is 18.0 Å². The Kier molecular flexibility index (Phi) is 5.13. The number of aromatic nitrogens is 1. The summed E-state index contributed by atoms with van der Waals surface area (Å²) < 4.78 is 38.3. The van der Waals surface area contributed by atoms with E-state index in [0.29, 0.717) is 28.9 Å². The summed E-state index contributed by atoms with van der Waals surface area (Å²) in [5.74, 6) is 0.523. The molecule has 3 nitrogen and oxygen atoms in total. The molecule has 1 aromatic carbocycles. The summed E-state index contributed by atoms with van der Waals surface area (Å²) in [6, 6.07) is 10.4. The van der Waals surface area contributed by atoms with Crippen molar-refractivity contribution >= 4 is 5.91 Å². The number of nitrogens with zero attached hydrogens (tertiary/aromatic N) is 2. The number of amides is 1. The molecule has 2 unspecified atom stereocenters. The Bertz CT molecular complexity index is 846. The molecule has 2 atom stereocenters. The van der Waals surface area contributed by atoms with E-state index < -0.39 is 11.7 Å². The first-order valence-electron chi connectivity index (χ1n) is 9.89. The van der Waals surface area contributed by atoms with Gasteiger partial charge in [-0.15, -0.1) is 0 Å².